The van der Waals surface area contributed by atoms with E-state index in [4.69, 9.17) is 0 Å². The van der Waals surface area contributed by atoms with Gasteiger partial charge in [0, 0.05) is 12.4 Å². The number of hydrogen-bond donors (Lipinski definition) is 0. The van der Waals surface area contributed by atoms with E-state index in [9.17, 15) is 0 Å². The molecule has 2 heterocycles. The molecule has 0 aliphatic heterocycles. The summed E-state index contributed by atoms with van der Waals surface area (Å²) in [5.74, 6) is 0. The van der Waals surface area contributed by atoms with Gasteiger partial charge in [0.1, 0.15) is 0 Å². The monoisotopic (exact) mass is 740 g/mol. The fourth-order valence-corrected chi connectivity index (χ4v) is 1.03. The Morgan fingerprint density at radius 1 is 0.812 bits per heavy atom. The smallest absolute Gasteiger partial charge is 0.0886 e. The van der Waals surface area contributed by atoms with Crippen LogP contribution >= 0.6 is 59.3 Å². The van der Waals surface area contributed by atoms with Crippen LogP contribution in [0.25, 0.3) is 11.4 Å². The molecule has 0 aliphatic carbocycles. The number of hydrogen-bond acceptors (Lipinski definition) is 2. The van der Waals surface area contributed by atoms with Crippen molar-refractivity contribution in [1.82, 2.24) is 9.97 Å². The number of aromatic nitrogens is 2. The Labute approximate surface area is 143 Å². The van der Waals surface area contributed by atoms with Crippen molar-refractivity contribution in [1.29, 1.82) is 0 Å². The molecule has 2 rings (SSSR count). The van der Waals surface area contributed by atoms with Crippen LogP contribution in [0.1, 0.15) is 0 Å². The van der Waals surface area contributed by atoms with E-state index in [2.05, 4.69) is 45.3 Å². The van der Waals surface area contributed by atoms with Crippen molar-refractivity contribution in [2.75, 3.05) is 0 Å². The van der Waals surface area contributed by atoms with Crippen molar-refractivity contribution < 1.29 is 15.9 Å². The SMILES string of the molecule is I.[I][Hg][I].c1ccc(-c2ccccn2)nc1. The Morgan fingerprint density at radius 3 is 1.44 bits per heavy atom. The number of rotatable bonds is 1. The molecule has 0 saturated heterocycles. The van der Waals surface area contributed by atoms with Crippen LogP contribution < -0.4 is 0 Å². The molecule has 0 N–H and O–H groups in total. The van der Waals surface area contributed by atoms with Gasteiger partial charge in [0.05, 0.1) is 11.4 Å². The quantitative estimate of drug-likeness (QED) is 0.318. The fourth-order valence-electron chi connectivity index (χ4n) is 1.03. The van der Waals surface area contributed by atoms with Crippen LogP contribution in [0.15, 0.2) is 48.8 Å². The molecular formula is C10H9HgI3N2. The average Bonchev–Trinajstić information content (AvgIpc) is 2.32. The second-order valence-electron chi connectivity index (χ2n) is 2.53. The largest absolute Gasteiger partial charge is 0.255 e. The molecule has 6 heteroatoms. The Balaban J connectivity index is 0.000000511. The first-order chi connectivity index (χ1) is 7.38. The molecule has 0 amide bonds. The van der Waals surface area contributed by atoms with Crippen LogP contribution in [0.3, 0.4) is 0 Å². The van der Waals surface area contributed by atoms with E-state index in [1.54, 1.807) is 12.4 Å². The first-order valence-corrected chi connectivity index (χ1v) is 35.3. The third-order valence-electron chi connectivity index (χ3n) is 1.59. The van der Waals surface area contributed by atoms with Gasteiger partial charge >= 0.3 is 51.2 Å². The van der Waals surface area contributed by atoms with Crippen LogP contribution in [-0.2, 0) is 15.9 Å². The van der Waals surface area contributed by atoms with Crippen molar-refractivity contribution in [3.8, 4) is 11.4 Å². The van der Waals surface area contributed by atoms with Crippen LogP contribution in [0.2, 0.25) is 0 Å². The summed E-state index contributed by atoms with van der Waals surface area (Å²) in [6.45, 7) is 0. The number of pyridine rings is 2. The Morgan fingerprint density at radius 2 is 1.19 bits per heavy atom. The van der Waals surface area contributed by atoms with Crippen molar-refractivity contribution in [3.05, 3.63) is 48.8 Å². The summed E-state index contributed by atoms with van der Waals surface area (Å²) < 4.78 is 0. The summed E-state index contributed by atoms with van der Waals surface area (Å²) in [5.41, 5.74) is 1.83. The van der Waals surface area contributed by atoms with Crippen LogP contribution in [0.5, 0.6) is 0 Å². The van der Waals surface area contributed by atoms with E-state index < -0.39 is 0 Å². The summed E-state index contributed by atoms with van der Waals surface area (Å²) in [7, 11) is 0. The molecule has 0 saturated carbocycles. The molecule has 0 atom stereocenters. The average molecular weight is 738 g/mol. The van der Waals surface area contributed by atoms with Gasteiger partial charge in [-0.1, -0.05) is 12.1 Å². The minimum Gasteiger partial charge on any atom is -0.255 e. The van der Waals surface area contributed by atoms with Crippen molar-refractivity contribution in [2.45, 2.75) is 0 Å². The molecule has 16 heavy (non-hydrogen) atoms. The summed E-state index contributed by atoms with van der Waals surface area (Å²) >= 11 is 4.85. The predicted octanol–water partition coefficient (Wildman–Crippen LogP) is 4.53. The maximum Gasteiger partial charge on any atom is 0.0886 e. The molecule has 2 aromatic heterocycles. The molecule has 0 unspecified atom stereocenters. The molecule has 0 bridgehead atoms. The zero-order valence-corrected chi connectivity index (χ0v) is 20.5. The Bertz CT molecular complexity index is 335. The zero-order valence-electron chi connectivity index (χ0n) is 8.38. The second-order valence-corrected chi connectivity index (χ2v) is 42.3. The zero-order chi connectivity index (χ0) is 10.9. The minimum absolute atomic E-state index is 0. The first-order valence-electron chi connectivity index (χ1n) is 4.33. The standard InChI is InChI=1S/C10H8N2.Hg.3HI/c1-3-7-11-9(5-1)10-6-2-4-8-12-10;;;;/h1-8H;;3*1H/q;+2;;;/p-2. The normalized spacial score (nSPS) is 7.88. The molecule has 0 radical (unpaired) electrons. The maximum atomic E-state index is 4.19. The maximum absolute atomic E-state index is 4.19. The van der Waals surface area contributed by atoms with Gasteiger partial charge in [-0.3, -0.25) is 9.97 Å². The van der Waals surface area contributed by atoms with Crippen LogP contribution in [0, 0.1) is 0 Å². The van der Waals surface area contributed by atoms with E-state index in [0.29, 0.717) is 0 Å². The van der Waals surface area contributed by atoms with E-state index in [-0.39, 0.29) is 39.9 Å². The van der Waals surface area contributed by atoms with Gasteiger partial charge in [-0.25, -0.2) is 0 Å². The fraction of sp³-hybridized carbons (Fsp3) is 0. The molecule has 2 nitrogen and oxygen atoms in total. The van der Waals surface area contributed by atoms with E-state index in [1.165, 1.54) is 0 Å². The van der Waals surface area contributed by atoms with Crippen molar-refractivity contribution in [2.24, 2.45) is 0 Å². The first kappa shape index (κ1) is 17.4. The number of halogens is 3. The third-order valence-corrected chi connectivity index (χ3v) is 1.59. The molecular weight excluding hydrogens is 729 g/mol. The Kier molecular flexibility index (Phi) is 12.5. The van der Waals surface area contributed by atoms with E-state index >= 15 is 0 Å². The van der Waals surface area contributed by atoms with Gasteiger partial charge in [-0.05, 0) is 24.3 Å². The van der Waals surface area contributed by atoms with E-state index in [0.717, 1.165) is 11.4 Å². The van der Waals surface area contributed by atoms with Crippen LogP contribution in [0.4, 0.5) is 0 Å². The molecule has 2 aromatic rings. The minimum atomic E-state index is -0.143. The molecule has 0 aliphatic rings. The third kappa shape index (κ3) is 6.99. The Hall–Kier alpha value is 1.43. The summed E-state index contributed by atoms with van der Waals surface area (Å²) in [6, 6.07) is 11.6. The van der Waals surface area contributed by atoms with Crippen molar-refractivity contribution >= 4 is 59.3 Å². The molecule has 0 fully saturated rings. The van der Waals surface area contributed by atoms with Gasteiger partial charge in [0.2, 0.25) is 0 Å². The van der Waals surface area contributed by atoms with Crippen LogP contribution in [-0.4, -0.2) is 9.97 Å². The molecule has 0 spiro atoms. The topological polar surface area (TPSA) is 25.8 Å². The van der Waals surface area contributed by atoms with Gasteiger partial charge in [0.15, 0.2) is 0 Å². The van der Waals surface area contributed by atoms with Crippen molar-refractivity contribution in [3.63, 3.8) is 0 Å². The predicted molar refractivity (Wildman–Crippen MR) is 90.9 cm³/mol. The van der Waals surface area contributed by atoms with Gasteiger partial charge in [-0.15, -0.1) is 24.0 Å². The summed E-state index contributed by atoms with van der Waals surface area (Å²) in [5, 5.41) is 0. The van der Waals surface area contributed by atoms with Gasteiger partial charge in [-0.2, -0.15) is 0 Å². The van der Waals surface area contributed by atoms with E-state index in [1.807, 2.05) is 36.4 Å². The summed E-state index contributed by atoms with van der Waals surface area (Å²) in [6.07, 6.45) is 3.54. The number of nitrogens with zero attached hydrogens (tertiary/aromatic N) is 2. The second kappa shape index (κ2) is 11.5. The molecule has 82 valence electrons. The molecule has 0 aromatic carbocycles. The van der Waals surface area contributed by atoms with Gasteiger partial charge < -0.3 is 0 Å². The van der Waals surface area contributed by atoms with Gasteiger partial charge in [0.25, 0.3) is 0 Å². The summed E-state index contributed by atoms with van der Waals surface area (Å²) in [4.78, 5) is 8.37.